The van der Waals surface area contributed by atoms with Gasteiger partial charge in [0.05, 0.1) is 34.8 Å². The summed E-state index contributed by atoms with van der Waals surface area (Å²) in [5.74, 6) is 0.0965. The number of esters is 1. The molecular formula is C22H16Cl2F3NO3. The molecule has 0 fully saturated rings. The minimum absolute atomic E-state index is 0.0263. The van der Waals surface area contributed by atoms with Crippen LogP contribution in [-0.4, -0.2) is 13.1 Å². The summed E-state index contributed by atoms with van der Waals surface area (Å²) in [7, 11) is 1.28. The highest BCUT2D eigenvalue weighted by Crippen LogP contribution is 2.36. The van der Waals surface area contributed by atoms with Gasteiger partial charge in [0, 0.05) is 11.8 Å². The van der Waals surface area contributed by atoms with E-state index in [0.717, 1.165) is 12.1 Å². The summed E-state index contributed by atoms with van der Waals surface area (Å²) in [5, 5.41) is 3.83. The van der Waals surface area contributed by atoms with Gasteiger partial charge in [0.15, 0.2) is 0 Å². The first kappa shape index (κ1) is 22.8. The Hall–Kier alpha value is -2.90. The number of benzene rings is 3. The van der Waals surface area contributed by atoms with E-state index in [1.807, 2.05) is 0 Å². The van der Waals surface area contributed by atoms with Crippen LogP contribution < -0.4 is 10.1 Å². The van der Waals surface area contributed by atoms with E-state index in [0.29, 0.717) is 32.7 Å². The largest absolute Gasteiger partial charge is 0.469 e. The average molecular weight is 470 g/mol. The molecule has 0 aliphatic heterocycles. The topological polar surface area (TPSA) is 47.6 Å². The number of rotatable bonds is 6. The highest BCUT2D eigenvalue weighted by Gasteiger charge is 2.30. The van der Waals surface area contributed by atoms with Gasteiger partial charge in [-0.15, -0.1) is 0 Å². The Morgan fingerprint density at radius 1 is 0.968 bits per heavy atom. The molecule has 31 heavy (non-hydrogen) atoms. The van der Waals surface area contributed by atoms with E-state index in [9.17, 15) is 18.0 Å². The van der Waals surface area contributed by atoms with Crippen LogP contribution in [0.25, 0.3) is 0 Å². The maximum Gasteiger partial charge on any atom is 0.416 e. The van der Waals surface area contributed by atoms with Gasteiger partial charge >= 0.3 is 12.1 Å². The molecule has 0 aliphatic carbocycles. The zero-order chi connectivity index (χ0) is 22.6. The van der Waals surface area contributed by atoms with Crippen LogP contribution in [0.15, 0.2) is 60.7 Å². The molecule has 1 N–H and O–H groups in total. The van der Waals surface area contributed by atoms with Crippen molar-refractivity contribution in [3.8, 4) is 11.5 Å². The van der Waals surface area contributed by atoms with Crippen LogP contribution in [-0.2, 0) is 22.1 Å². The fourth-order valence-electron chi connectivity index (χ4n) is 2.72. The first-order valence-corrected chi connectivity index (χ1v) is 9.69. The van der Waals surface area contributed by atoms with Crippen molar-refractivity contribution in [3.05, 3.63) is 81.8 Å². The van der Waals surface area contributed by atoms with Gasteiger partial charge in [-0.25, -0.2) is 0 Å². The zero-order valence-corrected chi connectivity index (χ0v) is 17.6. The molecule has 162 valence electrons. The van der Waals surface area contributed by atoms with E-state index in [-0.39, 0.29) is 12.2 Å². The van der Waals surface area contributed by atoms with Gasteiger partial charge in [-0.3, -0.25) is 4.79 Å². The van der Waals surface area contributed by atoms with Crippen LogP contribution in [0.4, 0.5) is 24.5 Å². The Morgan fingerprint density at radius 3 is 2.16 bits per heavy atom. The molecule has 3 aromatic carbocycles. The minimum Gasteiger partial charge on any atom is -0.469 e. The van der Waals surface area contributed by atoms with Gasteiger partial charge in [-0.1, -0.05) is 35.3 Å². The molecule has 0 atom stereocenters. The monoisotopic (exact) mass is 469 g/mol. The van der Waals surface area contributed by atoms with Gasteiger partial charge in [-0.05, 0) is 48.0 Å². The number of hydrogen-bond donors (Lipinski definition) is 1. The van der Waals surface area contributed by atoms with Crippen molar-refractivity contribution in [1.82, 2.24) is 0 Å². The van der Waals surface area contributed by atoms with Crippen molar-refractivity contribution >= 4 is 40.5 Å². The standard InChI is InChI=1S/C22H16Cl2F3NO3/c1-30-20(29)11-13-5-8-16(31-15-9-6-14(7-10-15)22(25,26)27)12-19(13)28-21-17(23)3-2-4-18(21)24/h2-10,12,28H,11H2,1H3. The second-order valence-corrected chi connectivity index (χ2v) is 7.23. The van der Waals surface area contributed by atoms with E-state index in [4.69, 9.17) is 32.7 Å². The summed E-state index contributed by atoms with van der Waals surface area (Å²) in [6.07, 6.45) is -4.46. The number of ether oxygens (including phenoxy) is 2. The molecule has 0 amide bonds. The van der Waals surface area contributed by atoms with Crippen LogP contribution in [0.1, 0.15) is 11.1 Å². The lowest BCUT2D eigenvalue weighted by Gasteiger charge is -2.16. The van der Waals surface area contributed by atoms with E-state index in [2.05, 4.69) is 5.32 Å². The van der Waals surface area contributed by atoms with Gasteiger partial charge < -0.3 is 14.8 Å². The van der Waals surface area contributed by atoms with Crippen LogP contribution in [0.2, 0.25) is 10.0 Å². The molecule has 4 nitrogen and oxygen atoms in total. The smallest absolute Gasteiger partial charge is 0.416 e. The summed E-state index contributed by atoms with van der Waals surface area (Å²) in [4.78, 5) is 11.8. The quantitative estimate of drug-likeness (QED) is 0.385. The van der Waals surface area contributed by atoms with E-state index >= 15 is 0 Å². The fraction of sp³-hybridized carbons (Fsp3) is 0.136. The van der Waals surface area contributed by atoms with Crippen LogP contribution >= 0.6 is 23.2 Å². The fourth-order valence-corrected chi connectivity index (χ4v) is 3.21. The Labute approximate surface area is 186 Å². The van der Waals surface area contributed by atoms with Gasteiger partial charge in [-0.2, -0.15) is 13.2 Å². The van der Waals surface area contributed by atoms with Crippen molar-refractivity contribution in [1.29, 1.82) is 0 Å². The predicted octanol–water partition coefficient (Wildman–Crippen LogP) is 7.26. The third kappa shape index (κ3) is 5.83. The molecule has 0 unspecified atom stereocenters. The highest BCUT2D eigenvalue weighted by atomic mass is 35.5. The summed E-state index contributed by atoms with van der Waals surface area (Å²) < 4.78 is 48.6. The van der Waals surface area contributed by atoms with E-state index in [1.54, 1.807) is 36.4 Å². The van der Waals surface area contributed by atoms with Crippen molar-refractivity contribution in [3.63, 3.8) is 0 Å². The summed E-state index contributed by atoms with van der Waals surface area (Å²) in [6.45, 7) is 0. The van der Waals surface area contributed by atoms with E-state index < -0.39 is 17.7 Å². The Kier molecular flexibility index (Phi) is 6.97. The maximum atomic E-state index is 12.7. The lowest BCUT2D eigenvalue weighted by atomic mass is 10.1. The first-order valence-electron chi connectivity index (χ1n) is 8.93. The number of methoxy groups -OCH3 is 1. The Bertz CT molecular complexity index is 1070. The summed E-state index contributed by atoms with van der Waals surface area (Å²) in [5.41, 5.74) is 0.722. The second-order valence-electron chi connectivity index (χ2n) is 6.42. The third-order valence-corrected chi connectivity index (χ3v) is 4.91. The number of anilines is 2. The number of hydrogen-bond acceptors (Lipinski definition) is 4. The first-order chi connectivity index (χ1) is 14.7. The van der Waals surface area contributed by atoms with Crippen molar-refractivity contribution in [2.24, 2.45) is 0 Å². The van der Waals surface area contributed by atoms with Gasteiger partial charge in [0.2, 0.25) is 0 Å². The summed E-state index contributed by atoms with van der Waals surface area (Å²) in [6, 6.07) is 14.1. The molecule has 0 radical (unpaired) electrons. The van der Waals surface area contributed by atoms with Crippen LogP contribution in [0.3, 0.4) is 0 Å². The molecule has 0 aromatic heterocycles. The minimum atomic E-state index is -4.43. The highest BCUT2D eigenvalue weighted by molar-refractivity contribution is 6.39. The average Bonchev–Trinajstić information content (AvgIpc) is 2.72. The molecular weight excluding hydrogens is 454 g/mol. The molecule has 9 heteroatoms. The predicted molar refractivity (Wildman–Crippen MR) is 113 cm³/mol. The maximum absolute atomic E-state index is 12.7. The van der Waals surface area contributed by atoms with Crippen molar-refractivity contribution in [2.75, 3.05) is 12.4 Å². The Balaban J connectivity index is 1.92. The molecule has 0 saturated carbocycles. The number of halogens is 5. The van der Waals surface area contributed by atoms with Crippen molar-refractivity contribution in [2.45, 2.75) is 12.6 Å². The second kappa shape index (κ2) is 9.49. The van der Waals surface area contributed by atoms with Crippen molar-refractivity contribution < 1.29 is 27.4 Å². The number of carbonyl (C=O) groups is 1. The summed E-state index contributed by atoms with van der Waals surface area (Å²) >= 11 is 12.4. The SMILES string of the molecule is COC(=O)Cc1ccc(Oc2ccc(C(F)(F)F)cc2)cc1Nc1c(Cl)cccc1Cl. The van der Waals surface area contributed by atoms with Gasteiger partial charge in [0.1, 0.15) is 11.5 Å². The molecule has 3 rings (SSSR count). The number of para-hydroxylation sites is 1. The molecule has 3 aromatic rings. The van der Waals surface area contributed by atoms with Gasteiger partial charge in [0.25, 0.3) is 0 Å². The van der Waals surface area contributed by atoms with E-state index in [1.165, 1.54) is 19.2 Å². The molecule has 0 saturated heterocycles. The van der Waals surface area contributed by atoms with Crippen LogP contribution in [0, 0.1) is 0 Å². The molecule has 0 bridgehead atoms. The normalized spacial score (nSPS) is 11.2. The molecule has 0 heterocycles. The number of alkyl halides is 3. The number of nitrogens with one attached hydrogen (secondary N) is 1. The Morgan fingerprint density at radius 2 is 1.58 bits per heavy atom. The lowest BCUT2D eigenvalue weighted by molar-refractivity contribution is -0.140. The number of carbonyl (C=O) groups excluding carboxylic acids is 1. The zero-order valence-electron chi connectivity index (χ0n) is 16.1. The molecule has 0 spiro atoms. The molecule has 0 aliphatic rings. The van der Waals surface area contributed by atoms with Crippen LogP contribution in [0.5, 0.6) is 11.5 Å². The lowest BCUT2D eigenvalue weighted by Crippen LogP contribution is -2.07. The third-order valence-electron chi connectivity index (χ3n) is 4.28.